The number of nitrogens with zero attached hydrogens (tertiary/aromatic N) is 2. The van der Waals surface area contributed by atoms with Gasteiger partial charge in [-0.3, -0.25) is 9.79 Å². The molecule has 220 valence electrons. The molecule has 0 aromatic heterocycles. The second-order valence-electron chi connectivity index (χ2n) is 7.73. The van der Waals surface area contributed by atoms with Gasteiger partial charge in [0.1, 0.15) is 12.3 Å². The van der Waals surface area contributed by atoms with Crippen LogP contribution in [0.3, 0.4) is 0 Å². The fraction of sp³-hybridized carbons (Fsp3) is 0.312. The molecular weight excluding hydrogens is 508 g/mol. The van der Waals surface area contributed by atoms with E-state index in [0.29, 0.717) is 0 Å². The summed E-state index contributed by atoms with van der Waals surface area (Å²) < 4.78 is 9.68. The summed E-state index contributed by atoms with van der Waals surface area (Å²) in [7, 11) is 3.03. The van der Waals surface area contributed by atoms with Crippen molar-refractivity contribution >= 4 is 12.2 Å². The first-order valence-corrected chi connectivity index (χ1v) is 11.5. The predicted octanol–water partition coefficient (Wildman–Crippen LogP) is 5.57. The number of hydrogen-bond donors (Lipinski definition) is 1. The highest BCUT2D eigenvalue weighted by Gasteiger charge is 2.17. The third-order valence-corrected chi connectivity index (χ3v) is 4.00. The van der Waals surface area contributed by atoms with Gasteiger partial charge in [-0.15, -0.1) is 10.1 Å². The number of aliphatic imine (C=N–C) groups is 1. The van der Waals surface area contributed by atoms with Crippen molar-refractivity contribution in [3.63, 3.8) is 0 Å². The first-order valence-electron chi connectivity index (χ1n) is 11.5. The van der Waals surface area contributed by atoms with E-state index in [1.807, 2.05) is 12.1 Å². The average Bonchev–Trinajstić information content (AvgIpc) is 2.92. The Kier molecular flexibility index (Phi) is 22.7. The summed E-state index contributed by atoms with van der Waals surface area (Å²) in [5.41, 5.74) is 1.35. The first-order chi connectivity index (χ1) is 19.1. The molecule has 0 saturated carbocycles. The Morgan fingerprint density at radius 1 is 0.925 bits per heavy atom. The summed E-state index contributed by atoms with van der Waals surface area (Å²) in [6, 6.07) is 8.09. The van der Waals surface area contributed by atoms with E-state index in [1.54, 1.807) is 27.2 Å². The molecule has 0 bridgehead atoms. The highest BCUT2D eigenvalue weighted by molar-refractivity contribution is 5.74. The number of hydrogen-bond acceptors (Lipinski definition) is 6. The number of carbonyl (C=O) groups excluding carboxylic acids is 1. The molecular formula is C32H46N2O6. The van der Waals surface area contributed by atoms with Gasteiger partial charge < -0.3 is 14.7 Å². The number of methoxy groups -OCH3 is 2. The molecule has 0 aliphatic heterocycles. The molecule has 8 heteroatoms. The standard InChI is InChI=1S/C16H23NO3.C16H6.HNO3.8H2/c1-16(2,9-10-17-12-15(18)20-4)11-13-5-7-14(19-3)8-6-13;1-3-5-7-9-11-13-15-16-14-12-10-8-6-4-2;2-1(3)4;;;;;;;;/h5-8,10H,9,11-12H2,1-4H3;1-2H3;(H,2,3,4);8*1H. The molecule has 0 fully saturated rings. The van der Waals surface area contributed by atoms with Gasteiger partial charge in [0, 0.05) is 11.4 Å². The van der Waals surface area contributed by atoms with Crippen molar-refractivity contribution in [3.8, 4) is 88.6 Å². The minimum absolute atomic E-state index is 0. The molecule has 0 saturated heterocycles. The highest BCUT2D eigenvalue weighted by atomic mass is 16.9. The maximum absolute atomic E-state index is 10.9. The van der Waals surface area contributed by atoms with Crippen LogP contribution >= 0.6 is 0 Å². The lowest BCUT2D eigenvalue weighted by Crippen LogP contribution is -2.16. The van der Waals surface area contributed by atoms with Crippen LogP contribution < -0.4 is 4.74 Å². The fourth-order valence-corrected chi connectivity index (χ4v) is 2.32. The number of ether oxygens (including phenoxy) is 2. The van der Waals surface area contributed by atoms with Crippen molar-refractivity contribution in [2.75, 3.05) is 20.8 Å². The molecule has 1 aromatic rings. The van der Waals surface area contributed by atoms with E-state index in [-0.39, 0.29) is 29.3 Å². The SMILES string of the molecule is CC#CC#CC#CC#CC#CC#CC#CC.COC(=O)CN=CCC(C)(C)Cc1ccc(OC)cc1.O=[N+]([O-])O.[HH].[HH].[HH].[HH].[HH].[HH].[HH].[HH]. The van der Waals surface area contributed by atoms with Crippen LogP contribution in [-0.2, 0) is 16.0 Å². The average molecular weight is 555 g/mol. The van der Waals surface area contributed by atoms with Gasteiger partial charge in [0.2, 0.25) is 0 Å². The Balaban J connectivity index is -0.0000000594. The van der Waals surface area contributed by atoms with Gasteiger partial charge in [-0.1, -0.05) is 37.8 Å². The normalized spacial score (nSPS) is 7.95. The molecule has 1 aromatic carbocycles. The molecule has 0 amide bonds. The van der Waals surface area contributed by atoms with Gasteiger partial charge in [-0.05, 0) is 127 Å². The number of carbonyl (C=O) groups is 1. The molecule has 0 unspecified atom stereocenters. The van der Waals surface area contributed by atoms with Crippen LogP contribution in [-0.4, -0.2) is 43.2 Å². The van der Waals surface area contributed by atoms with Crippen LogP contribution in [0.4, 0.5) is 0 Å². The van der Waals surface area contributed by atoms with Crippen molar-refractivity contribution in [2.24, 2.45) is 10.4 Å². The van der Waals surface area contributed by atoms with Crippen LogP contribution in [0.25, 0.3) is 0 Å². The zero-order valence-electron chi connectivity index (χ0n) is 23.4. The van der Waals surface area contributed by atoms with Gasteiger partial charge in [0.05, 0.1) is 14.2 Å². The third kappa shape index (κ3) is 26.9. The van der Waals surface area contributed by atoms with Crippen molar-refractivity contribution in [1.29, 1.82) is 0 Å². The first kappa shape index (κ1) is 36.4. The van der Waals surface area contributed by atoms with Crippen LogP contribution in [0, 0.1) is 98.4 Å². The lowest BCUT2D eigenvalue weighted by atomic mass is 9.83. The van der Waals surface area contributed by atoms with Crippen LogP contribution in [0.2, 0.25) is 0 Å². The number of benzene rings is 1. The van der Waals surface area contributed by atoms with E-state index >= 15 is 0 Å². The van der Waals surface area contributed by atoms with E-state index in [1.165, 1.54) is 12.7 Å². The van der Waals surface area contributed by atoms with Gasteiger partial charge in [0.25, 0.3) is 5.09 Å². The maximum atomic E-state index is 10.9. The Morgan fingerprint density at radius 3 is 1.68 bits per heavy atom. The monoisotopic (exact) mass is 554 g/mol. The molecule has 1 N–H and O–H groups in total. The molecule has 8 nitrogen and oxygen atoms in total. The molecule has 1 rings (SSSR count). The molecule has 0 radical (unpaired) electrons. The van der Waals surface area contributed by atoms with Crippen molar-refractivity contribution in [2.45, 2.75) is 40.5 Å². The third-order valence-electron chi connectivity index (χ3n) is 4.00. The second-order valence-corrected chi connectivity index (χ2v) is 7.73. The molecule has 0 aliphatic rings. The molecule has 0 atom stereocenters. The van der Waals surface area contributed by atoms with Crippen LogP contribution in [0.15, 0.2) is 29.3 Å². The van der Waals surface area contributed by atoms with E-state index in [9.17, 15) is 4.79 Å². The topological polar surface area (TPSA) is 111 Å². The minimum Gasteiger partial charge on any atom is -0.497 e. The minimum atomic E-state index is -1.50. The van der Waals surface area contributed by atoms with Gasteiger partial charge >= 0.3 is 5.97 Å². The highest BCUT2D eigenvalue weighted by Crippen LogP contribution is 2.26. The largest absolute Gasteiger partial charge is 0.497 e. The summed E-state index contributed by atoms with van der Waals surface area (Å²) in [4.78, 5) is 23.4. The molecule has 40 heavy (non-hydrogen) atoms. The lowest BCUT2D eigenvalue weighted by Gasteiger charge is -2.22. The molecule has 0 aliphatic carbocycles. The van der Waals surface area contributed by atoms with E-state index in [0.717, 1.165) is 18.6 Å². The van der Waals surface area contributed by atoms with Crippen molar-refractivity contribution in [1.82, 2.24) is 0 Å². The quantitative estimate of drug-likeness (QED) is 0.155. The van der Waals surface area contributed by atoms with Crippen molar-refractivity contribution in [3.05, 3.63) is 39.9 Å². The molecule has 0 spiro atoms. The Morgan fingerprint density at radius 2 is 1.32 bits per heavy atom. The Labute approximate surface area is 248 Å². The van der Waals surface area contributed by atoms with Gasteiger partial charge in [-0.2, -0.15) is 0 Å². The van der Waals surface area contributed by atoms with Gasteiger partial charge in [0.15, 0.2) is 0 Å². The summed E-state index contributed by atoms with van der Waals surface area (Å²) in [6.07, 6.45) is 3.57. The zero-order valence-corrected chi connectivity index (χ0v) is 23.4. The Hall–Kier alpha value is -5.72. The number of rotatable bonds is 7. The van der Waals surface area contributed by atoms with Crippen molar-refractivity contribution < 1.29 is 36.0 Å². The maximum Gasteiger partial charge on any atom is 0.327 e. The molecule has 0 heterocycles. The second kappa shape index (κ2) is 25.0. The predicted molar refractivity (Wildman–Crippen MR) is 172 cm³/mol. The summed E-state index contributed by atoms with van der Waals surface area (Å²) >= 11 is 0. The van der Waals surface area contributed by atoms with E-state index < -0.39 is 5.09 Å². The zero-order chi connectivity index (χ0) is 30.5. The van der Waals surface area contributed by atoms with E-state index in [2.05, 4.69) is 119 Å². The number of esters is 1. The summed E-state index contributed by atoms with van der Waals surface area (Å²) in [6.45, 7) is 7.88. The summed E-state index contributed by atoms with van der Waals surface area (Å²) in [5.74, 6) is 36.1. The lowest BCUT2D eigenvalue weighted by molar-refractivity contribution is -0.742. The fourth-order valence-electron chi connectivity index (χ4n) is 2.32. The van der Waals surface area contributed by atoms with Crippen LogP contribution in [0.1, 0.15) is 51.1 Å². The van der Waals surface area contributed by atoms with E-state index in [4.69, 9.17) is 20.1 Å². The van der Waals surface area contributed by atoms with Crippen LogP contribution in [0.5, 0.6) is 5.75 Å². The Bertz CT molecular complexity index is 1390. The summed E-state index contributed by atoms with van der Waals surface area (Å²) in [5, 5.41) is 13.6. The van der Waals surface area contributed by atoms with Gasteiger partial charge in [-0.25, -0.2) is 0 Å². The smallest absolute Gasteiger partial charge is 0.327 e.